The second kappa shape index (κ2) is 6.32. The molecule has 1 saturated heterocycles. The molecule has 0 N–H and O–H groups in total. The van der Waals surface area contributed by atoms with Gasteiger partial charge in [0.2, 0.25) is 0 Å². The third kappa shape index (κ3) is 3.02. The Morgan fingerprint density at radius 3 is 2.69 bits per heavy atom. The van der Waals surface area contributed by atoms with Gasteiger partial charge in [-0.3, -0.25) is 4.90 Å². The maximum Gasteiger partial charge on any atom is 0.138 e. The fraction of sp³-hybridized carbons (Fsp3) is 0.538. The first-order chi connectivity index (χ1) is 7.61. The van der Waals surface area contributed by atoms with Crippen molar-refractivity contribution in [2.75, 3.05) is 13.6 Å². The Kier molecular flexibility index (Phi) is 5.37. The molecule has 1 aliphatic rings. The quantitative estimate of drug-likeness (QED) is 0.539. The zero-order chi connectivity index (χ0) is 12.1. The molecular formula is C13H21FNP. The Labute approximate surface area is 100 Å². The van der Waals surface area contributed by atoms with Crippen LogP contribution in [0.2, 0.25) is 0 Å². The highest BCUT2D eigenvalue weighted by Gasteiger charge is 2.27. The first kappa shape index (κ1) is 13.6. The summed E-state index contributed by atoms with van der Waals surface area (Å²) in [6, 6.07) is 0.336. The highest BCUT2D eigenvalue weighted by molar-refractivity contribution is 7.17. The summed E-state index contributed by atoms with van der Waals surface area (Å²) in [7, 11) is 4.32. The molecular weight excluding hydrogens is 220 g/mol. The zero-order valence-electron chi connectivity index (χ0n) is 10.1. The van der Waals surface area contributed by atoms with Crippen molar-refractivity contribution < 1.29 is 4.39 Å². The molecule has 1 heterocycles. The summed E-state index contributed by atoms with van der Waals surface area (Å²) in [6.45, 7) is 6.70. The van der Waals surface area contributed by atoms with Crippen LogP contribution in [0.3, 0.4) is 0 Å². The van der Waals surface area contributed by atoms with Gasteiger partial charge in [0.15, 0.2) is 0 Å². The molecule has 1 aliphatic heterocycles. The topological polar surface area (TPSA) is 3.24 Å². The molecule has 0 amide bonds. The molecule has 3 heteroatoms. The fourth-order valence-corrected chi connectivity index (χ4v) is 2.70. The Morgan fingerprint density at radius 2 is 2.31 bits per heavy atom. The van der Waals surface area contributed by atoms with Crippen molar-refractivity contribution in [2.45, 2.75) is 31.7 Å². The number of nitrogens with zero attached hydrogens (tertiary/aromatic N) is 1. The predicted molar refractivity (Wildman–Crippen MR) is 72.3 cm³/mol. The van der Waals surface area contributed by atoms with E-state index in [0.717, 1.165) is 24.1 Å². The highest BCUT2D eigenvalue weighted by atomic mass is 31.0. The summed E-state index contributed by atoms with van der Waals surface area (Å²) in [5.41, 5.74) is 1.84. The molecule has 0 aromatic rings. The van der Waals surface area contributed by atoms with Crippen LogP contribution in [0.1, 0.15) is 19.8 Å². The summed E-state index contributed by atoms with van der Waals surface area (Å²) in [5.74, 6) is -0.995. The first-order valence-electron chi connectivity index (χ1n) is 5.71. The lowest BCUT2D eigenvalue weighted by Crippen LogP contribution is -2.28. The number of hydrogen-bond acceptors (Lipinski definition) is 1. The van der Waals surface area contributed by atoms with E-state index < -0.39 is 5.91 Å². The van der Waals surface area contributed by atoms with Crippen LogP contribution in [0.5, 0.6) is 0 Å². The van der Waals surface area contributed by atoms with Gasteiger partial charge in [0.25, 0.3) is 0 Å². The maximum absolute atomic E-state index is 13.5. The third-order valence-corrected chi connectivity index (χ3v) is 3.48. The van der Waals surface area contributed by atoms with Crippen molar-refractivity contribution in [1.82, 2.24) is 4.90 Å². The van der Waals surface area contributed by atoms with Gasteiger partial charge in [0, 0.05) is 6.04 Å². The molecule has 1 nitrogen and oxygen atoms in total. The normalized spacial score (nSPS) is 25.9. The van der Waals surface area contributed by atoms with E-state index in [-0.39, 0.29) is 0 Å². The smallest absolute Gasteiger partial charge is 0.138 e. The second-order valence-corrected chi connectivity index (χ2v) is 4.73. The van der Waals surface area contributed by atoms with Gasteiger partial charge in [0.05, 0.1) is 0 Å². The Balaban J connectivity index is 2.99. The maximum atomic E-state index is 13.5. The van der Waals surface area contributed by atoms with Gasteiger partial charge in [0.1, 0.15) is 5.91 Å². The molecule has 16 heavy (non-hydrogen) atoms. The van der Waals surface area contributed by atoms with Crippen molar-refractivity contribution >= 4 is 9.24 Å². The van der Waals surface area contributed by atoms with Gasteiger partial charge in [-0.25, -0.2) is 4.39 Å². The summed E-state index contributed by atoms with van der Waals surface area (Å²) in [6.07, 6.45) is 7.83. The average molecular weight is 241 g/mol. The summed E-state index contributed by atoms with van der Waals surface area (Å²) < 4.78 is 13.5. The lowest BCUT2D eigenvalue weighted by molar-refractivity contribution is 0.343. The Morgan fingerprint density at radius 1 is 1.62 bits per heavy atom. The number of alkyl halides is 1. The van der Waals surface area contributed by atoms with Crippen molar-refractivity contribution in [3.8, 4) is 0 Å². The molecule has 3 atom stereocenters. The minimum Gasteiger partial charge on any atom is -0.299 e. The van der Waals surface area contributed by atoms with Gasteiger partial charge in [-0.15, -0.1) is 0 Å². The Bertz CT molecular complexity index is 307. The SMILES string of the molecule is C=C/C=C(\C(=C/C)C(F)P)C1CCCN1C. The van der Waals surface area contributed by atoms with E-state index in [1.807, 2.05) is 19.1 Å². The molecule has 1 rings (SSSR count). The van der Waals surface area contributed by atoms with Crippen LogP contribution in [0.25, 0.3) is 0 Å². The minimum absolute atomic E-state index is 0.336. The molecule has 1 fully saturated rings. The van der Waals surface area contributed by atoms with Crippen LogP contribution < -0.4 is 0 Å². The zero-order valence-corrected chi connectivity index (χ0v) is 11.3. The van der Waals surface area contributed by atoms with Crippen LogP contribution in [0, 0.1) is 0 Å². The minimum atomic E-state index is -0.995. The van der Waals surface area contributed by atoms with E-state index >= 15 is 0 Å². The van der Waals surface area contributed by atoms with Crippen LogP contribution >= 0.6 is 9.24 Å². The lowest BCUT2D eigenvalue weighted by atomic mass is 9.96. The van der Waals surface area contributed by atoms with Crippen molar-refractivity contribution in [1.29, 1.82) is 0 Å². The van der Waals surface area contributed by atoms with Gasteiger partial charge in [-0.2, -0.15) is 0 Å². The fourth-order valence-electron chi connectivity index (χ4n) is 2.31. The van der Waals surface area contributed by atoms with E-state index in [1.165, 1.54) is 6.42 Å². The molecule has 0 aliphatic carbocycles. The third-order valence-electron chi connectivity index (χ3n) is 3.12. The molecule has 0 bridgehead atoms. The van der Waals surface area contributed by atoms with Gasteiger partial charge in [-0.1, -0.05) is 34.0 Å². The van der Waals surface area contributed by atoms with Gasteiger partial charge >= 0.3 is 0 Å². The standard InChI is InChI=1S/C13H21FNP/c1-4-7-11(10(5-2)13(14)16)12-8-6-9-15(12)3/h4-5,7,12-13H,1,6,8-9,16H2,2-3H3/b10-5+,11-7+. The summed E-state index contributed by atoms with van der Waals surface area (Å²) in [4.78, 5) is 2.28. The molecule has 0 spiro atoms. The number of rotatable bonds is 4. The largest absolute Gasteiger partial charge is 0.299 e. The van der Waals surface area contributed by atoms with E-state index in [9.17, 15) is 4.39 Å². The first-order valence-corrected chi connectivity index (χ1v) is 6.37. The van der Waals surface area contributed by atoms with E-state index in [1.54, 1.807) is 6.08 Å². The molecule has 90 valence electrons. The van der Waals surface area contributed by atoms with Crippen molar-refractivity contribution in [3.05, 3.63) is 36.0 Å². The Hall–Kier alpha value is -0.460. The highest BCUT2D eigenvalue weighted by Crippen LogP contribution is 2.31. The van der Waals surface area contributed by atoms with Crippen LogP contribution in [-0.2, 0) is 0 Å². The van der Waals surface area contributed by atoms with Crippen LogP contribution in [0.4, 0.5) is 4.39 Å². The van der Waals surface area contributed by atoms with Crippen LogP contribution in [0.15, 0.2) is 36.0 Å². The van der Waals surface area contributed by atoms with E-state index in [4.69, 9.17) is 0 Å². The van der Waals surface area contributed by atoms with E-state index in [2.05, 4.69) is 27.8 Å². The molecule has 0 aromatic carbocycles. The van der Waals surface area contributed by atoms with Crippen LogP contribution in [-0.4, -0.2) is 30.4 Å². The van der Waals surface area contributed by atoms with Gasteiger partial charge < -0.3 is 0 Å². The predicted octanol–water partition coefficient (Wildman–Crippen LogP) is 3.31. The number of likely N-dealkylation sites (tertiary alicyclic amines) is 1. The summed E-state index contributed by atoms with van der Waals surface area (Å²) >= 11 is 0. The number of hydrogen-bond donors (Lipinski definition) is 0. The summed E-state index contributed by atoms with van der Waals surface area (Å²) in [5, 5.41) is 0. The van der Waals surface area contributed by atoms with Gasteiger partial charge in [-0.05, 0) is 44.5 Å². The second-order valence-electron chi connectivity index (χ2n) is 4.14. The van der Waals surface area contributed by atoms with Crippen molar-refractivity contribution in [3.63, 3.8) is 0 Å². The molecule has 0 aromatic heterocycles. The monoisotopic (exact) mass is 241 g/mol. The number of allylic oxidation sites excluding steroid dienone is 3. The lowest BCUT2D eigenvalue weighted by Gasteiger charge is -2.25. The molecule has 0 radical (unpaired) electrons. The number of halogens is 1. The molecule has 3 unspecified atom stereocenters. The molecule has 0 saturated carbocycles. The van der Waals surface area contributed by atoms with Crippen molar-refractivity contribution in [2.24, 2.45) is 0 Å². The number of likely N-dealkylation sites (N-methyl/N-ethyl adjacent to an activating group) is 1. The van der Waals surface area contributed by atoms with E-state index in [0.29, 0.717) is 6.04 Å². The average Bonchev–Trinajstić information content (AvgIpc) is 2.63.